The Hall–Kier alpha value is -1.95. The van der Waals surface area contributed by atoms with E-state index >= 15 is 0 Å². The van der Waals surface area contributed by atoms with Crippen LogP contribution in [0.2, 0.25) is 0 Å². The summed E-state index contributed by atoms with van der Waals surface area (Å²) in [6, 6.07) is 2.81. The lowest BCUT2D eigenvalue weighted by Crippen LogP contribution is -2.36. The van der Waals surface area contributed by atoms with Crippen LogP contribution in [0.15, 0.2) is 12.1 Å². The number of anilines is 2. The molecule has 0 aromatic heterocycles. The molecule has 1 aromatic carbocycles. The fourth-order valence-corrected chi connectivity index (χ4v) is 3.20. The highest BCUT2D eigenvalue weighted by molar-refractivity contribution is 6.51. The molecule has 0 atom stereocenters. The first-order chi connectivity index (χ1) is 10.1. The topological polar surface area (TPSA) is 69.6 Å². The molecule has 2 aliphatic rings. The van der Waals surface area contributed by atoms with Crippen molar-refractivity contribution < 1.29 is 19.1 Å². The number of nitrogens with zero attached hydrogens (tertiary/aromatic N) is 1. The fraction of sp³-hybridized carbons (Fsp3) is 0.467. The van der Waals surface area contributed by atoms with Crippen molar-refractivity contribution in [2.45, 2.75) is 31.7 Å². The lowest BCUT2D eigenvalue weighted by Gasteiger charge is -2.31. The number of amides is 1. The Balaban J connectivity index is 1.99. The van der Waals surface area contributed by atoms with Gasteiger partial charge in [-0.1, -0.05) is 12.8 Å². The lowest BCUT2D eigenvalue weighted by molar-refractivity contribution is -0.112. The van der Waals surface area contributed by atoms with Gasteiger partial charge in [0, 0.05) is 12.6 Å². The predicted molar refractivity (Wildman–Crippen MR) is 76.0 cm³/mol. The summed E-state index contributed by atoms with van der Waals surface area (Å²) in [4.78, 5) is 24.8. The summed E-state index contributed by atoms with van der Waals surface area (Å²) < 4.78 is 14.4. The van der Waals surface area contributed by atoms with Crippen LogP contribution in [0.4, 0.5) is 15.8 Å². The van der Waals surface area contributed by atoms with Crippen molar-refractivity contribution in [1.29, 1.82) is 0 Å². The third-order valence-corrected chi connectivity index (χ3v) is 4.20. The van der Waals surface area contributed by atoms with Gasteiger partial charge in [-0.25, -0.2) is 4.39 Å². The summed E-state index contributed by atoms with van der Waals surface area (Å²) in [6.07, 6.45) is 4.10. The van der Waals surface area contributed by atoms with Crippen molar-refractivity contribution in [2.75, 3.05) is 23.4 Å². The number of halogens is 1. The van der Waals surface area contributed by atoms with Gasteiger partial charge in [0.15, 0.2) is 0 Å². The van der Waals surface area contributed by atoms with Gasteiger partial charge in [-0.3, -0.25) is 9.59 Å². The molecule has 1 amide bonds. The van der Waals surface area contributed by atoms with E-state index in [0.29, 0.717) is 17.9 Å². The number of benzene rings is 1. The van der Waals surface area contributed by atoms with Gasteiger partial charge >= 0.3 is 0 Å². The molecule has 1 saturated carbocycles. The maximum Gasteiger partial charge on any atom is 0.296 e. The summed E-state index contributed by atoms with van der Waals surface area (Å²) in [5.41, 5.74) is 0.767. The number of Topliss-reactive ketones (excluding diaryl/α,β-unsaturated/α-hetero) is 1. The number of rotatable bonds is 4. The number of carbonyl (C=O) groups is 2. The number of aliphatic hydroxyl groups is 1. The molecule has 3 rings (SSSR count). The number of carbonyl (C=O) groups excluding carboxylic acids is 2. The smallest absolute Gasteiger partial charge is 0.296 e. The molecule has 1 heterocycles. The minimum Gasteiger partial charge on any atom is -0.395 e. The molecule has 21 heavy (non-hydrogen) atoms. The highest BCUT2D eigenvalue weighted by Crippen LogP contribution is 2.35. The number of nitrogens with one attached hydrogen (secondary N) is 1. The molecule has 1 aliphatic heterocycles. The molecule has 0 spiro atoms. The molecule has 0 saturated heterocycles. The molecule has 0 bridgehead atoms. The quantitative estimate of drug-likeness (QED) is 0.829. The third-order valence-electron chi connectivity index (χ3n) is 4.20. The van der Waals surface area contributed by atoms with Crippen molar-refractivity contribution in [3.63, 3.8) is 0 Å². The van der Waals surface area contributed by atoms with Crippen molar-refractivity contribution in [1.82, 2.24) is 0 Å². The molecule has 112 valence electrons. The number of fused-ring (bicyclic) bond motifs is 1. The van der Waals surface area contributed by atoms with Crippen LogP contribution in [0.1, 0.15) is 36.0 Å². The van der Waals surface area contributed by atoms with Gasteiger partial charge in [-0.2, -0.15) is 0 Å². The normalized spacial score (nSPS) is 18.0. The molecule has 1 fully saturated rings. The average molecular weight is 292 g/mol. The van der Waals surface area contributed by atoms with Crippen molar-refractivity contribution in [3.8, 4) is 0 Å². The second-order valence-corrected chi connectivity index (χ2v) is 5.49. The Morgan fingerprint density at radius 2 is 2.00 bits per heavy atom. The van der Waals surface area contributed by atoms with Crippen LogP contribution in [0.25, 0.3) is 0 Å². The van der Waals surface area contributed by atoms with E-state index in [0.717, 1.165) is 31.7 Å². The highest BCUT2D eigenvalue weighted by atomic mass is 19.1. The zero-order chi connectivity index (χ0) is 15.0. The summed E-state index contributed by atoms with van der Waals surface area (Å²) in [6.45, 7) is 0.264. The van der Waals surface area contributed by atoms with Gasteiger partial charge in [0.1, 0.15) is 5.82 Å². The van der Waals surface area contributed by atoms with Gasteiger partial charge in [0.05, 0.1) is 23.5 Å². The summed E-state index contributed by atoms with van der Waals surface area (Å²) in [5.74, 6) is -1.96. The maximum atomic E-state index is 14.4. The Labute approximate surface area is 121 Å². The first kappa shape index (κ1) is 14.0. The standard InChI is InChI=1S/C15H17FN2O3/c16-11-7-10-12(17-15(21)14(10)20)8-13(11)18(5-6-19)9-3-1-2-4-9/h7-9,19H,1-6H2,(H,17,20,21). The number of ketones is 1. The molecule has 1 aliphatic carbocycles. The first-order valence-electron chi connectivity index (χ1n) is 7.18. The molecule has 0 radical (unpaired) electrons. The largest absolute Gasteiger partial charge is 0.395 e. The van der Waals surface area contributed by atoms with E-state index in [1.165, 1.54) is 6.07 Å². The van der Waals surface area contributed by atoms with E-state index in [2.05, 4.69) is 5.32 Å². The fourth-order valence-electron chi connectivity index (χ4n) is 3.20. The van der Waals surface area contributed by atoms with Crippen LogP contribution in [0.5, 0.6) is 0 Å². The van der Waals surface area contributed by atoms with E-state index in [-0.39, 0.29) is 18.2 Å². The van der Waals surface area contributed by atoms with Crippen molar-refractivity contribution in [2.24, 2.45) is 0 Å². The first-order valence-corrected chi connectivity index (χ1v) is 7.18. The highest BCUT2D eigenvalue weighted by Gasteiger charge is 2.32. The van der Waals surface area contributed by atoms with E-state index < -0.39 is 17.5 Å². The van der Waals surface area contributed by atoms with Gasteiger partial charge < -0.3 is 15.3 Å². The molecule has 5 nitrogen and oxygen atoms in total. The van der Waals surface area contributed by atoms with Gasteiger partial charge in [0.25, 0.3) is 11.7 Å². The Morgan fingerprint density at radius 3 is 2.67 bits per heavy atom. The van der Waals surface area contributed by atoms with Crippen molar-refractivity contribution >= 4 is 23.1 Å². The van der Waals surface area contributed by atoms with Crippen LogP contribution in [0.3, 0.4) is 0 Å². The number of hydrogen-bond acceptors (Lipinski definition) is 4. The average Bonchev–Trinajstić information content (AvgIpc) is 3.07. The van der Waals surface area contributed by atoms with Gasteiger partial charge in [0.2, 0.25) is 0 Å². The molecule has 0 unspecified atom stereocenters. The summed E-state index contributed by atoms with van der Waals surface area (Å²) in [5, 5.41) is 11.7. The minimum atomic E-state index is -0.726. The summed E-state index contributed by atoms with van der Waals surface area (Å²) >= 11 is 0. The molecule has 2 N–H and O–H groups in total. The van der Waals surface area contributed by atoms with Crippen LogP contribution in [-0.4, -0.2) is 36.0 Å². The molecule has 1 aromatic rings. The second kappa shape index (κ2) is 5.44. The summed E-state index contributed by atoms with van der Waals surface area (Å²) in [7, 11) is 0. The Bertz CT molecular complexity index is 597. The van der Waals surface area contributed by atoms with Crippen LogP contribution >= 0.6 is 0 Å². The second-order valence-electron chi connectivity index (χ2n) is 5.49. The minimum absolute atomic E-state index is 0.0711. The zero-order valence-electron chi connectivity index (χ0n) is 11.6. The SMILES string of the molecule is O=C1Nc2cc(N(CCO)C3CCCC3)c(F)cc2C1=O. The molecule has 6 heteroatoms. The van der Waals surface area contributed by atoms with Crippen LogP contribution < -0.4 is 10.2 Å². The van der Waals surface area contributed by atoms with E-state index in [1.807, 2.05) is 4.90 Å². The molecular formula is C15H17FN2O3. The van der Waals surface area contributed by atoms with E-state index in [4.69, 9.17) is 0 Å². The van der Waals surface area contributed by atoms with E-state index in [1.54, 1.807) is 0 Å². The van der Waals surface area contributed by atoms with Gasteiger partial charge in [-0.15, -0.1) is 0 Å². The maximum absolute atomic E-state index is 14.4. The Morgan fingerprint density at radius 1 is 1.29 bits per heavy atom. The third kappa shape index (κ3) is 2.40. The molecular weight excluding hydrogens is 275 g/mol. The predicted octanol–water partition coefficient (Wildman–Crippen LogP) is 1.70. The lowest BCUT2D eigenvalue weighted by atomic mass is 10.1. The monoisotopic (exact) mass is 292 g/mol. The van der Waals surface area contributed by atoms with Crippen LogP contribution in [0, 0.1) is 5.82 Å². The number of aliphatic hydroxyl groups excluding tert-OH is 1. The Kier molecular flexibility index (Phi) is 3.63. The van der Waals surface area contributed by atoms with E-state index in [9.17, 15) is 19.1 Å². The number of hydrogen-bond donors (Lipinski definition) is 2. The van der Waals surface area contributed by atoms with Gasteiger partial charge in [-0.05, 0) is 25.0 Å². The zero-order valence-corrected chi connectivity index (χ0v) is 11.6. The van der Waals surface area contributed by atoms with Crippen molar-refractivity contribution in [3.05, 3.63) is 23.5 Å². The van der Waals surface area contributed by atoms with Crippen LogP contribution in [-0.2, 0) is 4.79 Å².